The second kappa shape index (κ2) is 7.26. The number of aromatic nitrogens is 1. The van der Waals surface area contributed by atoms with Crippen LogP contribution in [0.5, 0.6) is 0 Å². The van der Waals surface area contributed by atoms with Gasteiger partial charge in [0.2, 0.25) is 0 Å². The van der Waals surface area contributed by atoms with Gasteiger partial charge in [0.15, 0.2) is 0 Å². The van der Waals surface area contributed by atoms with E-state index in [0.29, 0.717) is 35.0 Å². The fourth-order valence-corrected chi connectivity index (χ4v) is 3.18. The summed E-state index contributed by atoms with van der Waals surface area (Å²) >= 11 is 0. The van der Waals surface area contributed by atoms with Crippen LogP contribution in [0.3, 0.4) is 0 Å². The molecule has 1 aromatic heterocycles. The number of ether oxygens (including phenoxy) is 1. The summed E-state index contributed by atoms with van der Waals surface area (Å²) in [7, 11) is 0. The lowest BCUT2D eigenvalue weighted by Gasteiger charge is -2.30. The van der Waals surface area contributed by atoms with E-state index in [9.17, 15) is 18.4 Å². The van der Waals surface area contributed by atoms with Crippen LogP contribution < -0.4 is 0 Å². The van der Waals surface area contributed by atoms with Gasteiger partial charge in [-0.15, -0.1) is 0 Å². The zero-order valence-electron chi connectivity index (χ0n) is 15.9. The van der Waals surface area contributed by atoms with Gasteiger partial charge in [-0.25, -0.2) is 18.4 Å². The van der Waals surface area contributed by atoms with Crippen LogP contribution in [-0.2, 0) is 4.74 Å². The van der Waals surface area contributed by atoms with Gasteiger partial charge in [0.05, 0.1) is 0 Å². The first kappa shape index (κ1) is 19.9. The molecule has 2 aromatic rings. The van der Waals surface area contributed by atoms with E-state index in [4.69, 9.17) is 9.84 Å². The number of nitrogens with one attached hydrogen (secondary N) is 1. The maximum absolute atomic E-state index is 13.6. The Morgan fingerprint density at radius 2 is 1.96 bits per heavy atom. The quantitative estimate of drug-likeness (QED) is 0.784. The lowest BCUT2D eigenvalue weighted by atomic mass is 9.94. The van der Waals surface area contributed by atoms with Gasteiger partial charge in [-0.1, -0.05) is 6.08 Å². The van der Waals surface area contributed by atoms with Crippen LogP contribution in [0, 0.1) is 0 Å². The number of hydrogen-bond acceptors (Lipinski definition) is 3. The fraction of sp³-hybridized carbons (Fsp3) is 0.400. The SMILES string of the molecule is CC(C)(C)OC(=O)N1CC=C(c2cc3[nH]c(C(=O)O)cc3cc2C(F)F)CC1. The standard InChI is InChI=1S/C20H22F2N2O4/c1-20(2,3)28-19(27)24-6-4-11(5-7-24)13-10-15-12(8-14(13)17(21)22)9-16(23-15)18(25)26/h4,8-10,17,23H,5-7H2,1-3H3,(H,25,26). The van der Waals surface area contributed by atoms with Crippen molar-refractivity contribution in [1.82, 2.24) is 9.88 Å². The van der Waals surface area contributed by atoms with Crippen LogP contribution in [0.4, 0.5) is 13.6 Å². The fourth-order valence-electron chi connectivity index (χ4n) is 3.18. The maximum atomic E-state index is 13.6. The lowest BCUT2D eigenvalue weighted by Crippen LogP contribution is -2.39. The lowest BCUT2D eigenvalue weighted by molar-refractivity contribution is 0.0270. The van der Waals surface area contributed by atoms with Crippen LogP contribution in [0.25, 0.3) is 16.5 Å². The van der Waals surface area contributed by atoms with Gasteiger partial charge in [0, 0.05) is 29.6 Å². The molecule has 0 spiro atoms. The molecule has 1 aliphatic rings. The smallest absolute Gasteiger partial charge is 0.410 e. The van der Waals surface area contributed by atoms with Gasteiger partial charge in [-0.2, -0.15) is 0 Å². The minimum absolute atomic E-state index is 0.0545. The topological polar surface area (TPSA) is 82.6 Å². The highest BCUT2D eigenvalue weighted by molar-refractivity contribution is 5.95. The van der Waals surface area contributed by atoms with Gasteiger partial charge in [0.25, 0.3) is 6.43 Å². The molecule has 0 fully saturated rings. The third-order valence-electron chi connectivity index (χ3n) is 4.46. The van der Waals surface area contributed by atoms with E-state index in [0.717, 1.165) is 0 Å². The Morgan fingerprint density at radius 1 is 1.25 bits per heavy atom. The van der Waals surface area contributed by atoms with E-state index in [1.54, 1.807) is 32.9 Å². The summed E-state index contributed by atoms with van der Waals surface area (Å²) in [5.74, 6) is -1.15. The van der Waals surface area contributed by atoms with E-state index in [1.807, 2.05) is 0 Å². The summed E-state index contributed by atoms with van der Waals surface area (Å²) in [5.41, 5.74) is 0.729. The van der Waals surface area contributed by atoms with Gasteiger partial charge in [-0.3, -0.25) is 0 Å². The predicted octanol–water partition coefficient (Wildman–Crippen LogP) is 4.83. The molecule has 0 atom stereocenters. The maximum Gasteiger partial charge on any atom is 0.410 e. The molecule has 2 N–H and O–H groups in total. The van der Waals surface area contributed by atoms with Crippen molar-refractivity contribution in [2.24, 2.45) is 0 Å². The molecule has 3 rings (SSSR count). The van der Waals surface area contributed by atoms with Crippen LogP contribution >= 0.6 is 0 Å². The summed E-state index contributed by atoms with van der Waals surface area (Å²) in [6.07, 6.45) is -1.01. The molecule has 0 aliphatic carbocycles. The predicted molar refractivity (Wildman–Crippen MR) is 101 cm³/mol. The summed E-state index contributed by atoms with van der Waals surface area (Å²) < 4.78 is 32.6. The number of aromatic amines is 1. The number of alkyl halides is 2. The number of carboxylic acid groups (broad SMARTS) is 1. The number of fused-ring (bicyclic) bond motifs is 1. The first-order valence-corrected chi connectivity index (χ1v) is 8.90. The van der Waals surface area contributed by atoms with Crippen molar-refractivity contribution in [2.45, 2.75) is 39.2 Å². The average Bonchev–Trinajstić information content (AvgIpc) is 3.02. The first-order chi connectivity index (χ1) is 13.0. The number of H-pyrrole nitrogens is 1. The molecule has 0 saturated heterocycles. The van der Waals surface area contributed by atoms with Gasteiger partial charge in [-0.05, 0) is 56.5 Å². The zero-order chi connectivity index (χ0) is 20.6. The molecule has 1 aliphatic heterocycles. The van der Waals surface area contributed by atoms with Crippen molar-refractivity contribution in [1.29, 1.82) is 0 Å². The van der Waals surface area contributed by atoms with Crippen molar-refractivity contribution >= 4 is 28.5 Å². The van der Waals surface area contributed by atoms with Gasteiger partial charge < -0.3 is 19.7 Å². The summed E-state index contributed by atoms with van der Waals surface area (Å²) in [6, 6.07) is 4.21. The molecule has 0 unspecified atom stereocenters. The number of rotatable bonds is 3. The summed E-state index contributed by atoms with van der Waals surface area (Å²) in [4.78, 5) is 27.6. The number of benzene rings is 1. The summed E-state index contributed by atoms with van der Waals surface area (Å²) in [5, 5.41) is 9.52. The highest BCUT2D eigenvalue weighted by Crippen LogP contribution is 2.35. The second-order valence-corrected chi connectivity index (χ2v) is 7.72. The van der Waals surface area contributed by atoms with Gasteiger partial charge >= 0.3 is 12.1 Å². The molecule has 0 radical (unpaired) electrons. The minimum Gasteiger partial charge on any atom is -0.477 e. The first-order valence-electron chi connectivity index (χ1n) is 8.90. The van der Waals surface area contributed by atoms with Crippen molar-refractivity contribution in [3.63, 3.8) is 0 Å². The van der Waals surface area contributed by atoms with Crippen LogP contribution in [0.15, 0.2) is 24.3 Å². The summed E-state index contributed by atoms with van der Waals surface area (Å²) in [6.45, 7) is 5.95. The number of carboxylic acids is 1. The molecule has 150 valence electrons. The number of hydrogen-bond donors (Lipinski definition) is 2. The van der Waals surface area contributed by atoms with Crippen molar-refractivity contribution in [3.05, 3.63) is 41.1 Å². The average molecular weight is 392 g/mol. The Hall–Kier alpha value is -2.90. The largest absolute Gasteiger partial charge is 0.477 e. The normalized spacial score (nSPS) is 15.1. The highest BCUT2D eigenvalue weighted by Gasteiger charge is 2.26. The number of carbonyl (C=O) groups excluding carboxylic acids is 1. The molecule has 0 bridgehead atoms. The number of carbonyl (C=O) groups is 2. The third kappa shape index (κ3) is 4.16. The monoisotopic (exact) mass is 392 g/mol. The Balaban J connectivity index is 1.91. The molecule has 1 aromatic carbocycles. The highest BCUT2D eigenvalue weighted by atomic mass is 19.3. The van der Waals surface area contributed by atoms with E-state index >= 15 is 0 Å². The number of aromatic carboxylic acids is 1. The molecule has 1 amide bonds. The van der Waals surface area contributed by atoms with Crippen molar-refractivity contribution < 1.29 is 28.2 Å². The van der Waals surface area contributed by atoms with Crippen molar-refractivity contribution in [3.8, 4) is 0 Å². The van der Waals surface area contributed by atoms with Gasteiger partial charge in [0.1, 0.15) is 11.3 Å². The van der Waals surface area contributed by atoms with E-state index in [2.05, 4.69) is 4.98 Å². The second-order valence-electron chi connectivity index (χ2n) is 7.72. The Morgan fingerprint density at radius 3 is 2.50 bits per heavy atom. The Kier molecular flexibility index (Phi) is 5.14. The molecule has 6 nitrogen and oxygen atoms in total. The zero-order valence-corrected chi connectivity index (χ0v) is 15.9. The van der Waals surface area contributed by atoms with Crippen LogP contribution in [0.2, 0.25) is 0 Å². The molecule has 28 heavy (non-hydrogen) atoms. The molecular weight excluding hydrogens is 370 g/mol. The van der Waals surface area contributed by atoms with E-state index < -0.39 is 24.1 Å². The minimum atomic E-state index is -2.70. The molecule has 2 heterocycles. The number of nitrogens with zero attached hydrogens (tertiary/aromatic N) is 1. The molecule has 0 saturated carbocycles. The molecule has 8 heteroatoms. The van der Waals surface area contributed by atoms with Crippen LogP contribution in [0.1, 0.15) is 55.2 Å². The number of amides is 1. The Bertz CT molecular complexity index is 957. The third-order valence-corrected chi connectivity index (χ3v) is 4.46. The number of halogens is 2. The molecular formula is C20H22F2N2O4. The van der Waals surface area contributed by atoms with Crippen molar-refractivity contribution in [2.75, 3.05) is 13.1 Å². The Labute approximate surface area is 160 Å². The van der Waals surface area contributed by atoms with Crippen LogP contribution in [-0.4, -0.2) is 45.7 Å². The van der Waals surface area contributed by atoms with E-state index in [1.165, 1.54) is 17.0 Å². The van der Waals surface area contributed by atoms with E-state index in [-0.39, 0.29) is 17.8 Å².